The van der Waals surface area contributed by atoms with Gasteiger partial charge in [-0.05, 0) is 22.0 Å². The van der Waals surface area contributed by atoms with Crippen molar-refractivity contribution in [3.05, 3.63) is 24.3 Å². The Bertz CT molecular complexity index is 162. The molecule has 0 aromatic carbocycles. The summed E-state index contributed by atoms with van der Waals surface area (Å²) >= 11 is 8.72. The molecule has 0 heterocycles. The van der Waals surface area contributed by atoms with Gasteiger partial charge in [-0.3, -0.25) is 0 Å². The molecule has 50 valence electrons. The molecule has 1 nitrogen and oxygen atoms in total. The number of halogens is 2. The van der Waals surface area contributed by atoms with Crippen LogP contribution in [0.25, 0.3) is 0 Å². The highest BCUT2D eigenvalue weighted by molar-refractivity contribution is 9.10. The number of hydrogen-bond donors (Lipinski definition) is 1. The van der Waals surface area contributed by atoms with Gasteiger partial charge in [0.2, 0.25) is 0 Å². The minimum absolute atomic E-state index is 0.373. The standard InChI is InChI=1S/C6H6BrClO/c7-6(9)4-2-1-3-5(6)8/h1-5,9H. The van der Waals surface area contributed by atoms with E-state index < -0.39 is 4.51 Å². The summed E-state index contributed by atoms with van der Waals surface area (Å²) in [4.78, 5) is 0. The van der Waals surface area contributed by atoms with Crippen LogP contribution in [0.5, 0.6) is 0 Å². The number of allylic oxidation sites excluding steroid dienone is 2. The lowest BCUT2D eigenvalue weighted by Gasteiger charge is -2.21. The highest BCUT2D eigenvalue weighted by Gasteiger charge is 2.28. The van der Waals surface area contributed by atoms with E-state index in [1.54, 1.807) is 24.3 Å². The van der Waals surface area contributed by atoms with Gasteiger partial charge >= 0.3 is 0 Å². The topological polar surface area (TPSA) is 20.2 Å². The molecule has 0 aliphatic heterocycles. The lowest BCUT2D eigenvalue weighted by Crippen LogP contribution is -2.29. The van der Waals surface area contributed by atoms with E-state index in [-0.39, 0.29) is 5.38 Å². The summed E-state index contributed by atoms with van der Waals surface area (Å²) < 4.78 is -1.05. The van der Waals surface area contributed by atoms with Crippen LogP contribution in [0.2, 0.25) is 0 Å². The van der Waals surface area contributed by atoms with Crippen LogP contribution in [-0.2, 0) is 0 Å². The van der Waals surface area contributed by atoms with Crippen molar-refractivity contribution in [2.24, 2.45) is 0 Å². The fraction of sp³-hybridized carbons (Fsp3) is 0.333. The molecule has 3 heteroatoms. The molecule has 1 aliphatic rings. The number of hydrogen-bond acceptors (Lipinski definition) is 1. The monoisotopic (exact) mass is 208 g/mol. The fourth-order valence-corrected chi connectivity index (χ4v) is 1.04. The number of rotatable bonds is 0. The minimum Gasteiger partial charge on any atom is -0.373 e. The average Bonchev–Trinajstić information content (AvgIpc) is 1.77. The molecule has 1 aliphatic carbocycles. The smallest absolute Gasteiger partial charge is 0.158 e. The Morgan fingerprint density at radius 1 is 1.56 bits per heavy atom. The van der Waals surface area contributed by atoms with Crippen molar-refractivity contribution in [2.75, 3.05) is 0 Å². The Kier molecular flexibility index (Phi) is 1.99. The molecular formula is C6H6BrClO. The maximum absolute atomic E-state index is 9.29. The normalized spacial score (nSPS) is 41.4. The molecular weight excluding hydrogens is 203 g/mol. The third-order valence-electron chi connectivity index (χ3n) is 1.11. The van der Waals surface area contributed by atoms with Crippen LogP contribution in [0.15, 0.2) is 24.3 Å². The van der Waals surface area contributed by atoms with E-state index in [9.17, 15) is 5.11 Å². The van der Waals surface area contributed by atoms with Gasteiger partial charge in [0.05, 0.1) is 5.38 Å². The van der Waals surface area contributed by atoms with E-state index in [0.29, 0.717) is 0 Å². The fourth-order valence-electron chi connectivity index (χ4n) is 0.579. The zero-order valence-corrected chi connectivity index (χ0v) is 6.93. The molecule has 0 bridgehead atoms. The first-order chi connectivity index (χ1) is 4.13. The molecule has 0 saturated carbocycles. The van der Waals surface area contributed by atoms with Gasteiger partial charge in [0.1, 0.15) is 0 Å². The van der Waals surface area contributed by atoms with Crippen molar-refractivity contribution < 1.29 is 5.11 Å². The van der Waals surface area contributed by atoms with Gasteiger partial charge in [-0.25, -0.2) is 0 Å². The van der Waals surface area contributed by atoms with E-state index >= 15 is 0 Å². The number of aliphatic hydroxyl groups is 1. The summed E-state index contributed by atoms with van der Waals surface area (Å²) in [7, 11) is 0. The molecule has 0 fully saturated rings. The van der Waals surface area contributed by atoms with Crippen molar-refractivity contribution in [3.8, 4) is 0 Å². The quantitative estimate of drug-likeness (QED) is 0.603. The molecule has 2 unspecified atom stereocenters. The number of alkyl halides is 2. The summed E-state index contributed by atoms with van der Waals surface area (Å²) in [6.07, 6.45) is 6.86. The summed E-state index contributed by atoms with van der Waals surface area (Å²) in [5.41, 5.74) is 0. The van der Waals surface area contributed by atoms with Gasteiger partial charge in [-0.15, -0.1) is 11.6 Å². The molecule has 0 aromatic rings. The molecule has 1 N–H and O–H groups in total. The Labute approximate surface area is 67.1 Å². The van der Waals surface area contributed by atoms with Crippen LogP contribution >= 0.6 is 27.5 Å². The van der Waals surface area contributed by atoms with Crippen LogP contribution in [0, 0.1) is 0 Å². The highest BCUT2D eigenvalue weighted by atomic mass is 79.9. The molecule has 0 spiro atoms. The molecule has 0 aromatic heterocycles. The Morgan fingerprint density at radius 2 is 2.22 bits per heavy atom. The van der Waals surface area contributed by atoms with E-state index in [1.165, 1.54) is 0 Å². The second-order valence-electron chi connectivity index (χ2n) is 1.87. The van der Waals surface area contributed by atoms with Crippen molar-refractivity contribution in [1.82, 2.24) is 0 Å². The Morgan fingerprint density at radius 3 is 2.56 bits per heavy atom. The van der Waals surface area contributed by atoms with Crippen LogP contribution in [0.4, 0.5) is 0 Å². The third kappa shape index (κ3) is 1.57. The van der Waals surface area contributed by atoms with E-state index in [2.05, 4.69) is 15.9 Å². The zero-order chi connectivity index (χ0) is 6.91. The SMILES string of the molecule is OC1(Br)C=CC=CC1Cl. The van der Waals surface area contributed by atoms with Crippen LogP contribution in [0.1, 0.15) is 0 Å². The lowest BCUT2D eigenvalue weighted by atomic mass is 10.1. The van der Waals surface area contributed by atoms with Crippen LogP contribution in [-0.4, -0.2) is 15.0 Å². The van der Waals surface area contributed by atoms with Crippen LogP contribution in [0.3, 0.4) is 0 Å². The third-order valence-corrected chi connectivity index (χ3v) is 2.61. The largest absolute Gasteiger partial charge is 0.373 e. The molecule has 0 saturated heterocycles. The summed E-state index contributed by atoms with van der Waals surface area (Å²) in [5.74, 6) is 0. The highest BCUT2D eigenvalue weighted by Crippen LogP contribution is 2.28. The average molecular weight is 209 g/mol. The molecule has 0 radical (unpaired) electrons. The molecule has 9 heavy (non-hydrogen) atoms. The van der Waals surface area contributed by atoms with E-state index in [0.717, 1.165) is 0 Å². The first-order valence-corrected chi connectivity index (χ1v) is 3.77. The first kappa shape index (κ1) is 7.32. The van der Waals surface area contributed by atoms with Gasteiger partial charge in [-0.2, -0.15) is 0 Å². The zero-order valence-electron chi connectivity index (χ0n) is 4.59. The molecule has 0 amide bonds. The predicted molar refractivity (Wildman–Crippen MR) is 41.8 cm³/mol. The van der Waals surface area contributed by atoms with Gasteiger partial charge in [0.15, 0.2) is 4.51 Å². The maximum atomic E-state index is 9.29. The molecule has 2 atom stereocenters. The van der Waals surface area contributed by atoms with Crippen molar-refractivity contribution in [3.63, 3.8) is 0 Å². The van der Waals surface area contributed by atoms with Crippen molar-refractivity contribution in [2.45, 2.75) is 9.89 Å². The Balaban J connectivity index is 2.78. The summed E-state index contributed by atoms with van der Waals surface area (Å²) in [6.45, 7) is 0. The summed E-state index contributed by atoms with van der Waals surface area (Å²) in [6, 6.07) is 0. The lowest BCUT2D eigenvalue weighted by molar-refractivity contribution is 0.201. The summed E-state index contributed by atoms with van der Waals surface area (Å²) in [5, 5.41) is 8.92. The van der Waals surface area contributed by atoms with Crippen LogP contribution < -0.4 is 0 Å². The van der Waals surface area contributed by atoms with Gasteiger partial charge in [0.25, 0.3) is 0 Å². The van der Waals surface area contributed by atoms with Gasteiger partial charge in [-0.1, -0.05) is 18.2 Å². The van der Waals surface area contributed by atoms with E-state index in [4.69, 9.17) is 11.6 Å². The predicted octanol–water partition coefficient (Wildman–Crippen LogP) is 1.80. The van der Waals surface area contributed by atoms with Crippen molar-refractivity contribution >= 4 is 27.5 Å². The Hall–Kier alpha value is 0.210. The maximum Gasteiger partial charge on any atom is 0.158 e. The first-order valence-electron chi connectivity index (χ1n) is 2.54. The van der Waals surface area contributed by atoms with Gasteiger partial charge in [0, 0.05) is 0 Å². The van der Waals surface area contributed by atoms with Crippen molar-refractivity contribution in [1.29, 1.82) is 0 Å². The second-order valence-corrected chi connectivity index (χ2v) is 3.61. The second kappa shape index (κ2) is 2.45. The minimum atomic E-state index is -1.05. The van der Waals surface area contributed by atoms with E-state index in [1.807, 2.05) is 0 Å². The molecule has 1 rings (SSSR count). The van der Waals surface area contributed by atoms with Gasteiger partial charge < -0.3 is 5.11 Å².